The van der Waals surface area contributed by atoms with Crippen LogP contribution in [0.25, 0.3) is 11.0 Å². The fraction of sp³-hybridized carbons (Fsp3) is 0.562. The number of hydrogen-bond donors (Lipinski definition) is 0. The minimum absolute atomic E-state index is 0.0837. The highest BCUT2D eigenvalue weighted by molar-refractivity contribution is 6.16. The zero-order valence-corrected chi connectivity index (χ0v) is 12.8. The minimum Gasteiger partial charge on any atom is -0.321 e. The number of benzene rings is 1. The van der Waals surface area contributed by atoms with Crippen LogP contribution >= 0.6 is 11.6 Å². The number of hydrogen-bond acceptors (Lipinski definition) is 1. The van der Waals surface area contributed by atoms with Crippen LogP contribution in [0.5, 0.6) is 0 Å². The average molecular weight is 313 g/mol. The molecule has 114 valence electrons. The molecule has 5 heteroatoms. The van der Waals surface area contributed by atoms with Gasteiger partial charge in [0.25, 0.3) is 0 Å². The van der Waals surface area contributed by atoms with Crippen molar-refractivity contribution in [3.63, 3.8) is 0 Å². The van der Waals surface area contributed by atoms with Crippen LogP contribution in [0.15, 0.2) is 12.1 Å². The molecule has 0 radical (unpaired) electrons. The molecule has 1 saturated carbocycles. The molecule has 1 fully saturated rings. The Morgan fingerprint density at radius 1 is 1.29 bits per heavy atom. The van der Waals surface area contributed by atoms with Gasteiger partial charge in [-0.1, -0.05) is 19.3 Å². The Morgan fingerprint density at radius 3 is 2.67 bits per heavy atom. The van der Waals surface area contributed by atoms with E-state index in [0.29, 0.717) is 17.3 Å². The summed E-state index contributed by atoms with van der Waals surface area (Å²) in [5, 5.41) is 0. The van der Waals surface area contributed by atoms with Gasteiger partial charge < -0.3 is 4.57 Å². The summed E-state index contributed by atoms with van der Waals surface area (Å²) in [5.41, 5.74) is 0.732. The molecule has 0 bridgehead atoms. The van der Waals surface area contributed by atoms with E-state index in [1.54, 1.807) is 0 Å². The first-order valence-corrected chi connectivity index (χ1v) is 8.07. The van der Waals surface area contributed by atoms with E-state index in [1.807, 2.05) is 4.57 Å². The number of fused-ring (bicyclic) bond motifs is 1. The standard InChI is InChI=1S/C16H19ClF2N2/c1-10(11-5-3-2-4-6-11)21-14(9-17)20-13-8-7-12(18)15(19)16(13)21/h7-8,10-11H,2-6,9H2,1H3. The Hall–Kier alpha value is -1.16. The van der Waals surface area contributed by atoms with Crippen LogP contribution in [-0.4, -0.2) is 9.55 Å². The minimum atomic E-state index is -0.833. The third-order valence-corrected chi connectivity index (χ3v) is 4.91. The zero-order chi connectivity index (χ0) is 15.0. The van der Waals surface area contributed by atoms with Gasteiger partial charge in [-0.3, -0.25) is 0 Å². The number of imidazole rings is 1. The summed E-state index contributed by atoms with van der Waals surface area (Å²) in [5.74, 6) is -0.359. The summed E-state index contributed by atoms with van der Waals surface area (Å²) >= 11 is 5.98. The summed E-state index contributed by atoms with van der Waals surface area (Å²) in [4.78, 5) is 4.37. The van der Waals surface area contributed by atoms with Crippen molar-refractivity contribution in [2.75, 3.05) is 0 Å². The van der Waals surface area contributed by atoms with E-state index in [9.17, 15) is 8.78 Å². The van der Waals surface area contributed by atoms with E-state index in [-0.39, 0.29) is 17.4 Å². The van der Waals surface area contributed by atoms with Crippen LogP contribution in [0.4, 0.5) is 8.78 Å². The summed E-state index contributed by atoms with van der Waals surface area (Å²) in [6, 6.07) is 2.73. The lowest BCUT2D eigenvalue weighted by Crippen LogP contribution is -2.21. The van der Waals surface area contributed by atoms with Crippen molar-refractivity contribution >= 4 is 22.6 Å². The number of nitrogens with zero attached hydrogens (tertiary/aromatic N) is 2. The van der Waals surface area contributed by atoms with Gasteiger partial charge in [0.1, 0.15) is 11.3 Å². The first-order valence-electron chi connectivity index (χ1n) is 7.54. The lowest BCUT2D eigenvalue weighted by atomic mass is 9.84. The van der Waals surface area contributed by atoms with Crippen LogP contribution in [-0.2, 0) is 5.88 Å². The highest BCUT2D eigenvalue weighted by Gasteiger charge is 2.26. The second-order valence-corrected chi connectivity index (χ2v) is 6.17. The Labute approximate surface area is 128 Å². The molecule has 0 N–H and O–H groups in total. The fourth-order valence-electron chi connectivity index (χ4n) is 3.53. The molecule has 1 heterocycles. The monoisotopic (exact) mass is 312 g/mol. The van der Waals surface area contributed by atoms with Crippen LogP contribution in [0.1, 0.15) is 50.9 Å². The summed E-state index contributed by atoms with van der Waals surface area (Å²) in [7, 11) is 0. The quantitative estimate of drug-likeness (QED) is 0.713. The van der Waals surface area contributed by atoms with Crippen molar-refractivity contribution in [3.8, 4) is 0 Å². The summed E-state index contributed by atoms with van der Waals surface area (Å²) in [6.45, 7) is 2.07. The molecule has 0 spiro atoms. The van der Waals surface area contributed by atoms with Gasteiger partial charge in [0.05, 0.1) is 11.4 Å². The average Bonchev–Trinajstić information content (AvgIpc) is 2.90. The number of rotatable bonds is 3. The van der Waals surface area contributed by atoms with Crippen LogP contribution in [0.3, 0.4) is 0 Å². The topological polar surface area (TPSA) is 17.8 Å². The SMILES string of the molecule is CC(C1CCCCC1)n1c(CCl)nc2ccc(F)c(F)c21. The molecule has 0 saturated heterocycles. The molecule has 0 aliphatic heterocycles. The van der Waals surface area contributed by atoms with Crippen molar-refractivity contribution in [1.82, 2.24) is 9.55 Å². The molecule has 1 aliphatic carbocycles. The van der Waals surface area contributed by atoms with Gasteiger partial charge in [0, 0.05) is 6.04 Å². The number of aromatic nitrogens is 2. The Morgan fingerprint density at radius 2 is 2.00 bits per heavy atom. The molecule has 21 heavy (non-hydrogen) atoms. The van der Waals surface area contributed by atoms with Gasteiger partial charge in [-0.05, 0) is 37.8 Å². The van der Waals surface area contributed by atoms with Crippen molar-refractivity contribution in [3.05, 3.63) is 29.6 Å². The first kappa shape index (κ1) is 14.8. The highest BCUT2D eigenvalue weighted by atomic mass is 35.5. The third-order valence-electron chi connectivity index (χ3n) is 4.68. The molecular formula is C16H19ClF2N2. The van der Waals surface area contributed by atoms with E-state index in [2.05, 4.69) is 11.9 Å². The van der Waals surface area contributed by atoms with E-state index in [0.717, 1.165) is 18.9 Å². The predicted molar refractivity (Wildman–Crippen MR) is 80.5 cm³/mol. The van der Waals surface area contributed by atoms with Crippen molar-refractivity contribution in [2.24, 2.45) is 5.92 Å². The number of alkyl halides is 1. The maximum atomic E-state index is 14.3. The van der Waals surface area contributed by atoms with Gasteiger partial charge in [0.2, 0.25) is 0 Å². The Bertz CT molecular complexity index is 647. The molecule has 1 aromatic carbocycles. The van der Waals surface area contributed by atoms with E-state index >= 15 is 0 Å². The van der Waals surface area contributed by atoms with Crippen molar-refractivity contribution in [2.45, 2.75) is 50.9 Å². The molecule has 1 aromatic heterocycles. The second kappa shape index (κ2) is 5.91. The zero-order valence-electron chi connectivity index (χ0n) is 12.1. The fourth-order valence-corrected chi connectivity index (χ4v) is 3.72. The maximum Gasteiger partial charge on any atom is 0.184 e. The van der Waals surface area contributed by atoms with Gasteiger partial charge in [-0.15, -0.1) is 11.6 Å². The second-order valence-electron chi connectivity index (χ2n) is 5.90. The lowest BCUT2D eigenvalue weighted by Gasteiger charge is -2.30. The number of halogens is 3. The van der Waals surface area contributed by atoms with Crippen molar-refractivity contribution in [1.29, 1.82) is 0 Å². The molecule has 3 rings (SSSR count). The van der Waals surface area contributed by atoms with E-state index < -0.39 is 11.6 Å². The largest absolute Gasteiger partial charge is 0.321 e. The van der Waals surface area contributed by atoms with Gasteiger partial charge >= 0.3 is 0 Å². The van der Waals surface area contributed by atoms with Crippen LogP contribution < -0.4 is 0 Å². The molecule has 1 unspecified atom stereocenters. The normalized spacial score (nSPS) is 18.3. The molecule has 2 nitrogen and oxygen atoms in total. The van der Waals surface area contributed by atoms with E-state index in [1.165, 1.54) is 25.3 Å². The van der Waals surface area contributed by atoms with Crippen LogP contribution in [0, 0.1) is 17.6 Å². The van der Waals surface area contributed by atoms with Gasteiger partial charge in [-0.2, -0.15) is 0 Å². The smallest absolute Gasteiger partial charge is 0.184 e. The summed E-state index contributed by atoms with van der Waals surface area (Å²) in [6.07, 6.45) is 5.92. The first-order chi connectivity index (χ1) is 10.1. The van der Waals surface area contributed by atoms with Crippen molar-refractivity contribution < 1.29 is 8.78 Å². The van der Waals surface area contributed by atoms with Gasteiger partial charge in [-0.25, -0.2) is 13.8 Å². The molecule has 2 aromatic rings. The van der Waals surface area contributed by atoms with E-state index in [4.69, 9.17) is 11.6 Å². The molecule has 0 amide bonds. The van der Waals surface area contributed by atoms with Crippen LogP contribution in [0.2, 0.25) is 0 Å². The predicted octanol–water partition coefficient (Wildman–Crippen LogP) is 5.19. The Balaban J connectivity index is 2.12. The lowest BCUT2D eigenvalue weighted by molar-refractivity contribution is 0.264. The third kappa shape index (κ3) is 2.54. The molecule has 1 aliphatic rings. The maximum absolute atomic E-state index is 14.3. The molecular weight excluding hydrogens is 294 g/mol. The molecule has 1 atom stereocenters. The highest BCUT2D eigenvalue weighted by Crippen LogP contribution is 2.36. The Kier molecular flexibility index (Phi) is 4.16. The van der Waals surface area contributed by atoms with Gasteiger partial charge in [0.15, 0.2) is 11.6 Å². The summed E-state index contributed by atoms with van der Waals surface area (Å²) < 4.78 is 29.7.